The minimum atomic E-state index is -0.359. The molecule has 6 nitrogen and oxygen atoms in total. The summed E-state index contributed by atoms with van der Waals surface area (Å²) in [5.41, 5.74) is 2.06. The molecule has 0 N–H and O–H groups in total. The average molecular weight is 418 g/mol. The van der Waals surface area contributed by atoms with Crippen molar-refractivity contribution in [2.24, 2.45) is 5.92 Å². The second-order valence-electron chi connectivity index (χ2n) is 8.21. The van der Waals surface area contributed by atoms with E-state index >= 15 is 0 Å². The third kappa shape index (κ3) is 3.83. The van der Waals surface area contributed by atoms with Gasteiger partial charge in [0.05, 0.1) is 5.52 Å². The number of halogens is 1. The molecular formula is C24H23FN4O2. The molecule has 1 saturated heterocycles. The highest BCUT2D eigenvalue weighted by atomic mass is 19.1. The molecule has 0 atom stereocenters. The van der Waals surface area contributed by atoms with Gasteiger partial charge in [0.2, 0.25) is 5.91 Å². The lowest BCUT2D eigenvalue weighted by Gasteiger charge is -2.32. The van der Waals surface area contributed by atoms with Crippen LogP contribution in [0.25, 0.3) is 16.4 Å². The van der Waals surface area contributed by atoms with E-state index in [4.69, 9.17) is 0 Å². The van der Waals surface area contributed by atoms with Crippen LogP contribution in [0.2, 0.25) is 0 Å². The minimum Gasteiger partial charge on any atom is -0.341 e. The Kier molecular flexibility index (Phi) is 5.02. The molecule has 0 spiro atoms. The molecule has 1 fully saturated rings. The van der Waals surface area contributed by atoms with Crippen molar-refractivity contribution >= 4 is 22.3 Å². The number of carbonyl (C=O) groups excluding carboxylic acids is 1. The molecule has 1 aliphatic heterocycles. The van der Waals surface area contributed by atoms with E-state index in [1.807, 2.05) is 11.0 Å². The van der Waals surface area contributed by atoms with Gasteiger partial charge in [-0.05, 0) is 55.0 Å². The summed E-state index contributed by atoms with van der Waals surface area (Å²) >= 11 is 0. The van der Waals surface area contributed by atoms with E-state index in [1.54, 1.807) is 16.5 Å². The summed E-state index contributed by atoms with van der Waals surface area (Å²) in [5, 5.41) is 4.81. The molecular weight excluding hydrogens is 395 g/mol. The summed E-state index contributed by atoms with van der Waals surface area (Å²) < 4.78 is 16.3. The standard InChI is InChI=1S/C24H23FN4O2/c25-20-6-7-21-19(13-20)14-22-24(31)29(26-16-28(21)22)15-23(30)27-10-8-18(9-11-27)12-17-4-2-1-3-5-17/h1-7,13-14,16,18H,8-12,15H2. The maximum Gasteiger partial charge on any atom is 0.291 e. The van der Waals surface area contributed by atoms with Crippen LogP contribution < -0.4 is 5.56 Å². The van der Waals surface area contributed by atoms with Crippen molar-refractivity contribution in [3.63, 3.8) is 0 Å². The molecule has 2 aromatic carbocycles. The van der Waals surface area contributed by atoms with Gasteiger partial charge in [-0.1, -0.05) is 30.3 Å². The first-order valence-electron chi connectivity index (χ1n) is 10.6. The van der Waals surface area contributed by atoms with Gasteiger partial charge in [-0.3, -0.25) is 14.0 Å². The lowest BCUT2D eigenvalue weighted by Crippen LogP contribution is -2.42. The van der Waals surface area contributed by atoms with E-state index in [0.717, 1.165) is 19.3 Å². The van der Waals surface area contributed by atoms with Gasteiger partial charge in [-0.15, -0.1) is 0 Å². The van der Waals surface area contributed by atoms with Crippen LogP contribution in [0, 0.1) is 11.7 Å². The van der Waals surface area contributed by atoms with Gasteiger partial charge in [0, 0.05) is 18.5 Å². The van der Waals surface area contributed by atoms with Gasteiger partial charge < -0.3 is 4.90 Å². The molecule has 31 heavy (non-hydrogen) atoms. The van der Waals surface area contributed by atoms with Crippen molar-refractivity contribution in [1.29, 1.82) is 0 Å². The molecule has 2 aromatic heterocycles. The zero-order chi connectivity index (χ0) is 21.4. The van der Waals surface area contributed by atoms with Gasteiger partial charge in [0.15, 0.2) is 0 Å². The Morgan fingerprint density at radius 2 is 1.81 bits per heavy atom. The van der Waals surface area contributed by atoms with Crippen LogP contribution in [0.3, 0.4) is 0 Å². The van der Waals surface area contributed by atoms with Crippen molar-refractivity contribution in [2.45, 2.75) is 25.8 Å². The number of hydrogen-bond donors (Lipinski definition) is 0. The largest absolute Gasteiger partial charge is 0.341 e. The predicted molar refractivity (Wildman–Crippen MR) is 116 cm³/mol. The number of amides is 1. The highest BCUT2D eigenvalue weighted by Crippen LogP contribution is 2.22. The first kappa shape index (κ1) is 19.5. The number of nitrogens with zero attached hydrogens (tertiary/aromatic N) is 4. The number of fused-ring (bicyclic) bond motifs is 3. The maximum absolute atomic E-state index is 13.5. The maximum atomic E-state index is 13.5. The van der Waals surface area contributed by atoms with E-state index in [9.17, 15) is 14.0 Å². The van der Waals surface area contributed by atoms with Gasteiger partial charge >= 0.3 is 0 Å². The van der Waals surface area contributed by atoms with Crippen molar-refractivity contribution in [3.8, 4) is 0 Å². The summed E-state index contributed by atoms with van der Waals surface area (Å²) in [7, 11) is 0. The number of carbonyl (C=O) groups is 1. The van der Waals surface area contributed by atoms with Crippen LogP contribution in [0.5, 0.6) is 0 Å². The molecule has 0 radical (unpaired) electrons. The second-order valence-corrected chi connectivity index (χ2v) is 8.21. The third-order valence-corrected chi connectivity index (χ3v) is 6.18. The fraction of sp³-hybridized carbons (Fsp3) is 0.292. The Labute approximate surface area is 178 Å². The Hall–Kier alpha value is -3.48. The number of piperidine rings is 1. The summed E-state index contributed by atoms with van der Waals surface area (Å²) in [6, 6.07) is 16.4. The summed E-state index contributed by atoms with van der Waals surface area (Å²) in [6.07, 6.45) is 4.45. The molecule has 1 aliphatic rings. The summed E-state index contributed by atoms with van der Waals surface area (Å²) in [4.78, 5) is 27.5. The highest BCUT2D eigenvalue weighted by Gasteiger charge is 2.24. The Balaban J connectivity index is 1.28. The predicted octanol–water partition coefficient (Wildman–Crippen LogP) is 3.27. The number of likely N-dealkylation sites (tertiary alicyclic amines) is 1. The van der Waals surface area contributed by atoms with Crippen molar-refractivity contribution in [3.05, 3.63) is 82.7 Å². The molecule has 0 aliphatic carbocycles. The number of benzene rings is 2. The number of aromatic nitrogens is 3. The van der Waals surface area contributed by atoms with Crippen molar-refractivity contribution < 1.29 is 9.18 Å². The first-order chi connectivity index (χ1) is 15.1. The quantitative estimate of drug-likeness (QED) is 0.511. The molecule has 7 heteroatoms. The Bertz CT molecular complexity index is 1300. The van der Waals surface area contributed by atoms with Crippen LogP contribution in [0.15, 0.2) is 65.7 Å². The van der Waals surface area contributed by atoms with Gasteiger partial charge in [-0.2, -0.15) is 5.10 Å². The van der Waals surface area contributed by atoms with Crippen molar-refractivity contribution in [2.75, 3.05) is 13.1 Å². The normalized spacial score (nSPS) is 15.1. The number of rotatable bonds is 4. The third-order valence-electron chi connectivity index (χ3n) is 6.18. The SMILES string of the molecule is O=C(Cn1ncn2c(cc3cc(F)ccc32)c1=O)N1CCC(Cc2ccccc2)CC1. The van der Waals surface area contributed by atoms with Crippen molar-refractivity contribution in [1.82, 2.24) is 19.1 Å². The van der Waals surface area contributed by atoms with E-state index < -0.39 is 0 Å². The topological polar surface area (TPSA) is 59.6 Å². The molecule has 4 aromatic rings. The van der Waals surface area contributed by atoms with Crippen LogP contribution >= 0.6 is 0 Å². The van der Waals surface area contributed by atoms with Crippen LogP contribution in [-0.2, 0) is 17.8 Å². The number of hydrogen-bond acceptors (Lipinski definition) is 3. The smallest absolute Gasteiger partial charge is 0.291 e. The molecule has 0 saturated carbocycles. The highest BCUT2D eigenvalue weighted by molar-refractivity contribution is 5.86. The molecule has 0 unspecified atom stereocenters. The Morgan fingerprint density at radius 1 is 1.03 bits per heavy atom. The fourth-order valence-corrected chi connectivity index (χ4v) is 4.47. The monoisotopic (exact) mass is 418 g/mol. The molecule has 5 rings (SSSR count). The average Bonchev–Trinajstić information content (AvgIpc) is 3.15. The zero-order valence-electron chi connectivity index (χ0n) is 17.1. The molecule has 1 amide bonds. The van der Waals surface area contributed by atoms with Crippen LogP contribution in [0.4, 0.5) is 4.39 Å². The van der Waals surface area contributed by atoms with E-state index in [2.05, 4.69) is 29.4 Å². The lowest BCUT2D eigenvalue weighted by molar-refractivity contribution is -0.133. The molecule has 0 bridgehead atoms. The van der Waals surface area contributed by atoms with Crippen LogP contribution in [0.1, 0.15) is 18.4 Å². The van der Waals surface area contributed by atoms with Gasteiger partial charge in [-0.25, -0.2) is 9.07 Å². The van der Waals surface area contributed by atoms with Gasteiger partial charge in [0.25, 0.3) is 5.56 Å². The first-order valence-corrected chi connectivity index (χ1v) is 10.6. The van der Waals surface area contributed by atoms with E-state index in [1.165, 1.54) is 28.7 Å². The Morgan fingerprint density at radius 3 is 2.58 bits per heavy atom. The zero-order valence-corrected chi connectivity index (χ0v) is 17.1. The summed E-state index contributed by atoms with van der Waals surface area (Å²) in [5.74, 6) is 0.110. The molecule has 158 valence electrons. The summed E-state index contributed by atoms with van der Waals surface area (Å²) in [6.45, 7) is 1.30. The van der Waals surface area contributed by atoms with Gasteiger partial charge in [0.1, 0.15) is 24.2 Å². The molecule has 3 heterocycles. The van der Waals surface area contributed by atoms with Crippen LogP contribution in [-0.4, -0.2) is 38.1 Å². The second kappa shape index (κ2) is 7.98. The van der Waals surface area contributed by atoms with E-state index in [0.29, 0.717) is 35.4 Å². The fourth-order valence-electron chi connectivity index (χ4n) is 4.47. The lowest BCUT2D eigenvalue weighted by atomic mass is 9.90. The van der Waals surface area contributed by atoms with E-state index in [-0.39, 0.29) is 23.8 Å². The minimum absolute atomic E-state index is 0.0887.